The number of carboxylic acid groups (broad SMARTS) is 2. The van der Waals surface area contributed by atoms with Crippen LogP contribution in [0.1, 0.15) is 138 Å². The Labute approximate surface area is 859 Å². The maximum absolute atomic E-state index is 14.4. The average Bonchev–Trinajstić information content (AvgIpc) is 0.771. The second-order valence-corrected chi connectivity index (χ2v) is 37.9. The number of aliphatic hydroxyl groups excluding tert-OH is 10. The van der Waals surface area contributed by atoms with Crippen molar-refractivity contribution in [2.75, 3.05) is 158 Å². The van der Waals surface area contributed by atoms with Crippen LogP contribution in [0.15, 0.2) is 31.3 Å². The van der Waals surface area contributed by atoms with Crippen molar-refractivity contribution in [3.05, 3.63) is 65.2 Å². The van der Waals surface area contributed by atoms with Crippen molar-refractivity contribution < 1.29 is 194 Å². The van der Waals surface area contributed by atoms with Crippen LogP contribution in [-0.2, 0) is 124 Å². The monoisotopic (exact) mass is 2150 g/mol. The smallest absolute Gasteiger partial charge is 0.332 e. The van der Waals surface area contributed by atoms with Crippen LogP contribution in [0.2, 0.25) is 0 Å². The summed E-state index contributed by atoms with van der Waals surface area (Å²) in [6, 6.07) is -5.15. The van der Waals surface area contributed by atoms with E-state index in [-0.39, 0.29) is 156 Å². The van der Waals surface area contributed by atoms with Crippen LogP contribution in [0.4, 0.5) is 0 Å². The van der Waals surface area contributed by atoms with Gasteiger partial charge in [0.25, 0.3) is 22.9 Å². The molecule has 8 fully saturated rings. The van der Waals surface area contributed by atoms with E-state index in [4.69, 9.17) is 96.7 Å². The first-order valence-electron chi connectivity index (χ1n) is 50.6. The quantitative estimate of drug-likeness (QED) is 0.0274. The Balaban J connectivity index is 0.753. The maximum atomic E-state index is 14.4. The molecule has 8 aliphatic rings. The number of amides is 8. The standard InChI is InChI=1S/C92H148N14O44/c1-45-69(115)73(119)75(121)89(141-45)149-77-51(99-83(125)53-37-61(109)105-91(131)101-53)33-49(81(123)95-15-19-135-23-21-133-17-13-93)35-55(77)145-87-67(79(71(117)59(41-107)147-87)143-57(85(127)128)31-47-9-5-3-6-10-47)103-63(111)39-97-65(113)43-139-29-27-137-25-26-138-28-30-140-44-66(114)98-40-64(112)104-68-80(144-58(86(129)130)32-48-11-7-4-8-12-48)72(118)60(42-108)148-88(68)146-56-36-50(82(124)96-16-20-136-24-22-134-18-14-94)34-52(100-84(126)54-38-62(110)106-92(132)102-54)78(56)150-90-76(122)74(120)70(116)46(2)142-90/h37-38,45-52,55-60,67-80,87-90,107-108,115-122H,3-36,39-44,93-94H2,1-2H3,(H,95,123)(H,96,124)(H,97,113)(H,98,114)(H,99,125)(H,100,126)(H,103,111)(H,104,112)(H,127,128)(H,129,130)(H2,101,105,109,131)(H2,102,106,110,132)/t45?,46?,49?,50?,51?,52?,55-,56-,57+,58+,59?,60?,67?,68?,69-,70-,71+,72+,73+,74?,75?,76?,77?,78?,79?,80?,87-,88-,89+,90+/m1/s1. The number of aromatic nitrogens is 4. The van der Waals surface area contributed by atoms with Crippen LogP contribution in [0, 0.1) is 23.7 Å². The second-order valence-electron chi connectivity index (χ2n) is 37.9. The molecular formula is C92H148N14O44. The first-order chi connectivity index (χ1) is 72.0. The van der Waals surface area contributed by atoms with E-state index in [0.29, 0.717) is 25.7 Å². The molecule has 30 atom stereocenters. The van der Waals surface area contributed by atoms with Gasteiger partial charge in [0.05, 0.1) is 155 Å². The zero-order valence-corrected chi connectivity index (χ0v) is 83.5. The molecule has 2 aromatic rings. The van der Waals surface area contributed by atoms with E-state index in [2.05, 4.69) is 52.5 Å². The fraction of sp³-hybridized carbons (Fsp3) is 0.804. The van der Waals surface area contributed by atoms with Gasteiger partial charge in [-0.3, -0.25) is 57.9 Å². The number of hydrogen-bond acceptors (Lipinski definition) is 44. The zero-order valence-electron chi connectivity index (χ0n) is 83.5. The molecular weight excluding hydrogens is 2010 g/mol. The van der Waals surface area contributed by atoms with E-state index in [0.717, 1.165) is 50.7 Å². The van der Waals surface area contributed by atoms with E-state index in [9.17, 15) is 128 Å². The Morgan fingerprint density at radius 2 is 0.733 bits per heavy atom. The fourth-order valence-electron chi connectivity index (χ4n) is 19.0. The number of nitrogens with one attached hydrogen (secondary N) is 12. The van der Waals surface area contributed by atoms with Gasteiger partial charge in [-0.25, -0.2) is 19.2 Å². The average molecular weight is 2150 g/mol. The van der Waals surface area contributed by atoms with Crippen molar-refractivity contribution >= 4 is 59.2 Å². The number of aromatic amines is 4. The van der Waals surface area contributed by atoms with Crippen molar-refractivity contribution in [2.24, 2.45) is 35.1 Å². The molecule has 8 amide bonds. The van der Waals surface area contributed by atoms with Crippen molar-refractivity contribution in [3.8, 4) is 0 Å². The van der Waals surface area contributed by atoms with Crippen LogP contribution in [0.3, 0.4) is 0 Å². The van der Waals surface area contributed by atoms with Crippen LogP contribution in [0.5, 0.6) is 0 Å². The zero-order chi connectivity index (χ0) is 109. The summed E-state index contributed by atoms with van der Waals surface area (Å²) in [5.41, 5.74) is 5.70. The number of aliphatic hydroxyl groups is 10. The molecule has 28 N–H and O–H groups in total. The van der Waals surface area contributed by atoms with Crippen LogP contribution in [0.25, 0.3) is 0 Å². The number of ether oxygens (including phenoxy) is 18. The van der Waals surface area contributed by atoms with E-state index in [1.165, 1.54) is 13.8 Å². The second kappa shape index (κ2) is 63.0. The molecule has 0 radical (unpaired) electrons. The third kappa shape index (κ3) is 37.9. The first-order valence-corrected chi connectivity index (χ1v) is 50.6. The molecule has 58 nitrogen and oxygen atoms in total. The van der Waals surface area contributed by atoms with E-state index in [1.807, 2.05) is 9.97 Å². The molecule has 0 aromatic carbocycles. The first kappa shape index (κ1) is 123. The Morgan fingerprint density at radius 3 is 1.07 bits per heavy atom. The summed E-state index contributed by atoms with van der Waals surface area (Å²) in [4.78, 5) is 198. The summed E-state index contributed by atoms with van der Waals surface area (Å²) in [7, 11) is 0. The minimum absolute atomic E-state index is 0.0258. The lowest BCUT2D eigenvalue weighted by atomic mass is 9.80. The molecule has 150 heavy (non-hydrogen) atoms. The number of nitrogens with two attached hydrogens (primary N) is 2. The Morgan fingerprint density at radius 1 is 0.387 bits per heavy atom. The third-order valence-electron chi connectivity index (χ3n) is 26.8. The SMILES string of the molecule is CC1O[C@@H](OC2C(NC(=O)c3cc(=O)[nH]c(=O)[nH]3)CC(C(=O)NCCOCCOCCN)C[C@H]2O[C@@H]2OC(CO)[C@H](O)C(O[C@@H](CC3CCCCC3)C(=O)O)C2NC(=O)CNC(=O)COCCOCCOCCOCC(=O)NCC(=O)NC2C(O[C@@H](CC3CCCCC3)C(=O)O)[C@@H](O)C(CO)O[C@H]2O[C@@H]2CC(C(=O)NCCOCCOCCN)CC(NC(=O)c3cc(=O)[nH]c(=O)[nH]3)C2O[C@@H]2OC(C)[C@@H](O)[C@H](O)C2O)C(O)C(O)[C@@H]1O. The number of hydrogen-bond donors (Lipinski definition) is 26. The largest absolute Gasteiger partial charge is 0.479 e. The molecule has 58 heteroatoms. The van der Waals surface area contributed by atoms with Gasteiger partial charge in [-0.15, -0.1) is 0 Å². The Bertz CT molecular complexity index is 4420. The van der Waals surface area contributed by atoms with Crippen LogP contribution >= 0.6 is 0 Å². The molecule has 4 saturated carbocycles. The summed E-state index contributed by atoms with van der Waals surface area (Å²) < 4.78 is 107. The van der Waals surface area contributed by atoms with Crippen molar-refractivity contribution in [3.63, 3.8) is 0 Å². The lowest BCUT2D eigenvalue weighted by Gasteiger charge is -2.49. The Kier molecular flexibility index (Phi) is 51.5. The van der Waals surface area contributed by atoms with Crippen molar-refractivity contribution in [1.82, 2.24) is 62.5 Å². The predicted molar refractivity (Wildman–Crippen MR) is 507 cm³/mol. The number of carboxylic acids is 2. The van der Waals surface area contributed by atoms with Gasteiger partial charge in [-0.1, -0.05) is 64.2 Å². The van der Waals surface area contributed by atoms with Gasteiger partial charge < -0.3 is 211 Å². The molecule has 4 saturated heterocycles. The molecule has 4 aliphatic carbocycles. The summed E-state index contributed by atoms with van der Waals surface area (Å²) in [6.07, 6.45) is -36.8. The van der Waals surface area contributed by atoms with Gasteiger partial charge in [0.15, 0.2) is 37.4 Å². The summed E-state index contributed by atoms with van der Waals surface area (Å²) in [5, 5.41) is 154. The van der Waals surface area contributed by atoms with Gasteiger partial charge in [0.1, 0.15) is 122 Å². The molecule has 4 aliphatic heterocycles. The molecule has 2 aromatic heterocycles. The lowest BCUT2D eigenvalue weighted by Crippen LogP contribution is -2.68. The highest BCUT2D eigenvalue weighted by Crippen LogP contribution is 2.41. The number of carbonyl (C=O) groups excluding carboxylic acids is 8. The van der Waals surface area contributed by atoms with E-state index < -0.39 is 329 Å². The topological polar surface area (TPSA) is 859 Å². The van der Waals surface area contributed by atoms with Crippen LogP contribution < -0.4 is 76.5 Å². The lowest BCUT2D eigenvalue weighted by molar-refractivity contribution is -0.335. The van der Waals surface area contributed by atoms with Gasteiger partial charge in [-0.2, -0.15) is 0 Å². The predicted octanol–water partition coefficient (Wildman–Crippen LogP) is -11.4. The summed E-state index contributed by atoms with van der Waals surface area (Å²) in [5.74, 6) is -13.1. The minimum Gasteiger partial charge on any atom is -0.479 e. The van der Waals surface area contributed by atoms with Crippen molar-refractivity contribution in [2.45, 2.75) is 288 Å². The third-order valence-corrected chi connectivity index (χ3v) is 26.8. The number of rotatable bonds is 61. The highest BCUT2D eigenvalue weighted by molar-refractivity contribution is 5.93. The van der Waals surface area contributed by atoms with Crippen LogP contribution in [-0.4, -0.2) is 470 Å². The number of H-pyrrole nitrogens is 4. The molecule has 850 valence electrons. The fourth-order valence-corrected chi connectivity index (χ4v) is 19.0. The van der Waals surface area contributed by atoms with Gasteiger partial charge >= 0.3 is 23.3 Å². The maximum Gasteiger partial charge on any atom is 0.332 e. The molecule has 17 unspecified atom stereocenters. The highest BCUT2D eigenvalue weighted by Gasteiger charge is 2.57. The molecule has 10 rings (SSSR count). The van der Waals surface area contributed by atoms with Gasteiger partial charge in [0.2, 0.25) is 35.4 Å². The van der Waals surface area contributed by atoms with E-state index >= 15 is 0 Å². The summed E-state index contributed by atoms with van der Waals surface area (Å²) >= 11 is 0. The minimum atomic E-state index is -2.03. The normalized spacial score (nSPS) is 30.8. The molecule has 0 spiro atoms. The van der Waals surface area contributed by atoms with Gasteiger partial charge in [-0.05, 0) is 64.2 Å². The number of carbonyl (C=O) groups is 10. The molecule has 6 heterocycles. The Hall–Kier alpha value is -9.14. The molecule has 0 bridgehead atoms. The summed E-state index contributed by atoms with van der Waals surface area (Å²) in [6.45, 7) is -1.57. The van der Waals surface area contributed by atoms with Gasteiger partial charge in [0, 0.05) is 50.1 Å². The highest BCUT2D eigenvalue weighted by atomic mass is 16.8. The van der Waals surface area contributed by atoms with E-state index in [1.54, 1.807) is 0 Å². The van der Waals surface area contributed by atoms with Crippen molar-refractivity contribution in [1.29, 1.82) is 0 Å². The number of aliphatic carboxylic acids is 2.